The van der Waals surface area contributed by atoms with Crippen molar-refractivity contribution < 1.29 is 4.39 Å². The van der Waals surface area contributed by atoms with Crippen LogP contribution in [0.15, 0.2) is 53.5 Å². The number of aromatic amines is 1. The van der Waals surface area contributed by atoms with Gasteiger partial charge in [-0.25, -0.2) is 18.9 Å². The van der Waals surface area contributed by atoms with Gasteiger partial charge in [-0.15, -0.1) is 0 Å². The molecule has 1 aliphatic heterocycles. The lowest BCUT2D eigenvalue weighted by atomic mass is 9.95. The molecule has 3 N–H and O–H groups in total. The third-order valence-electron chi connectivity index (χ3n) is 6.71. The highest BCUT2D eigenvalue weighted by molar-refractivity contribution is 5.96. The van der Waals surface area contributed by atoms with Crippen LogP contribution in [0.25, 0.3) is 38.9 Å². The molecule has 2 aromatic carbocycles. The first kappa shape index (κ1) is 19.1. The van der Waals surface area contributed by atoms with Gasteiger partial charge < -0.3 is 14.9 Å². The maximum Gasteiger partial charge on any atom is 0.348 e. The minimum absolute atomic E-state index is 0.317. The van der Waals surface area contributed by atoms with Gasteiger partial charge in [-0.1, -0.05) is 18.2 Å². The highest BCUT2D eigenvalue weighted by atomic mass is 19.1. The number of nitrogens with one attached hydrogen (secondary N) is 1. The number of nitrogens with zero attached hydrogens (tertiary/aromatic N) is 4. The number of halogens is 1. The molecule has 32 heavy (non-hydrogen) atoms. The average molecular weight is 430 g/mol. The van der Waals surface area contributed by atoms with E-state index in [9.17, 15) is 9.18 Å². The maximum atomic E-state index is 14.1. The molecule has 0 saturated carbocycles. The zero-order valence-electron chi connectivity index (χ0n) is 17.7. The first-order valence-corrected chi connectivity index (χ1v) is 10.8. The number of hydrogen-bond acceptors (Lipinski definition) is 3. The van der Waals surface area contributed by atoms with Gasteiger partial charge in [0.05, 0.1) is 11.2 Å². The molecule has 6 rings (SSSR count). The molecule has 3 aromatic heterocycles. The third kappa shape index (κ3) is 2.62. The smallest absolute Gasteiger partial charge is 0.348 e. The summed E-state index contributed by atoms with van der Waals surface area (Å²) in [5, 5.41) is 8.73. The van der Waals surface area contributed by atoms with E-state index >= 15 is 0 Å². The molecule has 0 radical (unpaired) electrons. The Labute approximate surface area is 182 Å². The summed E-state index contributed by atoms with van der Waals surface area (Å²) in [6.07, 6.45) is 3.70. The molecule has 4 heterocycles. The molecule has 1 unspecified atom stereocenters. The summed E-state index contributed by atoms with van der Waals surface area (Å²) in [7, 11) is 1.90. The second kappa shape index (κ2) is 6.93. The van der Waals surface area contributed by atoms with Crippen molar-refractivity contribution in [3.05, 3.63) is 70.7 Å². The Morgan fingerprint density at radius 2 is 2.03 bits per heavy atom. The monoisotopic (exact) mass is 430 g/mol. The van der Waals surface area contributed by atoms with Crippen LogP contribution in [-0.4, -0.2) is 30.4 Å². The largest absolute Gasteiger partial charge is 0.350 e. The Kier molecular flexibility index (Phi) is 4.13. The van der Waals surface area contributed by atoms with Gasteiger partial charge in [0.2, 0.25) is 0 Å². The summed E-state index contributed by atoms with van der Waals surface area (Å²) in [4.78, 5) is 13.1. The van der Waals surface area contributed by atoms with Gasteiger partial charge in [0.25, 0.3) is 0 Å². The van der Waals surface area contributed by atoms with Crippen LogP contribution in [0, 0.1) is 11.7 Å². The van der Waals surface area contributed by atoms with E-state index < -0.39 is 0 Å². The predicted octanol–water partition coefficient (Wildman–Crippen LogP) is 3.33. The minimum atomic E-state index is -0.327. The van der Waals surface area contributed by atoms with E-state index in [1.165, 1.54) is 12.1 Å². The normalized spacial score (nSPS) is 16.2. The molecule has 0 bridgehead atoms. The molecule has 0 amide bonds. The lowest BCUT2D eigenvalue weighted by molar-refractivity contribution is 0.401. The lowest BCUT2D eigenvalue weighted by Crippen LogP contribution is -2.27. The minimum Gasteiger partial charge on any atom is -0.350 e. The highest BCUT2D eigenvalue weighted by Crippen LogP contribution is 2.37. The molecule has 0 spiro atoms. The van der Waals surface area contributed by atoms with Crippen LogP contribution in [-0.2, 0) is 20.0 Å². The van der Waals surface area contributed by atoms with Crippen molar-refractivity contribution in [1.82, 2.24) is 23.9 Å². The fourth-order valence-electron chi connectivity index (χ4n) is 5.17. The van der Waals surface area contributed by atoms with Gasteiger partial charge in [0, 0.05) is 47.3 Å². The van der Waals surface area contributed by atoms with E-state index in [1.807, 2.05) is 36.0 Å². The summed E-state index contributed by atoms with van der Waals surface area (Å²) in [6.45, 7) is 1.47. The standard InChI is InChI=1S/C24H23FN6O/c1-29-13-18(17-11-15(25)6-7-19(17)29)23-27-28-24(32)31(23)22-16-4-2-3-5-20(16)30-9-8-14(12-26)10-21(22)30/h2-7,11,13-14H,8-10,12,26H2,1H3,(H,28,32). The number of rotatable bonds is 3. The van der Waals surface area contributed by atoms with E-state index in [4.69, 9.17) is 5.73 Å². The van der Waals surface area contributed by atoms with Crippen molar-refractivity contribution in [2.75, 3.05) is 6.54 Å². The summed E-state index contributed by atoms with van der Waals surface area (Å²) in [5.41, 5.74) is 10.3. The van der Waals surface area contributed by atoms with Crippen molar-refractivity contribution >= 4 is 21.8 Å². The van der Waals surface area contributed by atoms with Crippen molar-refractivity contribution in [1.29, 1.82) is 0 Å². The topological polar surface area (TPSA) is 86.6 Å². The second-order valence-corrected chi connectivity index (χ2v) is 8.56. The summed E-state index contributed by atoms with van der Waals surface area (Å²) in [6, 6.07) is 12.8. The summed E-state index contributed by atoms with van der Waals surface area (Å²) >= 11 is 0. The van der Waals surface area contributed by atoms with Crippen LogP contribution in [0.5, 0.6) is 0 Å². The number of H-pyrrole nitrogens is 1. The summed E-state index contributed by atoms with van der Waals surface area (Å²) < 4.78 is 20.0. The van der Waals surface area contributed by atoms with Crippen molar-refractivity contribution in [3.63, 3.8) is 0 Å². The Morgan fingerprint density at radius 1 is 1.19 bits per heavy atom. The van der Waals surface area contributed by atoms with Gasteiger partial charge in [0.1, 0.15) is 5.82 Å². The Hall–Kier alpha value is -3.65. The molecular weight excluding hydrogens is 407 g/mol. The van der Waals surface area contributed by atoms with E-state index in [0.717, 1.165) is 47.2 Å². The van der Waals surface area contributed by atoms with Crippen molar-refractivity contribution in [2.24, 2.45) is 18.7 Å². The zero-order chi connectivity index (χ0) is 22.0. The van der Waals surface area contributed by atoms with Crippen LogP contribution >= 0.6 is 0 Å². The molecule has 162 valence electrons. The van der Waals surface area contributed by atoms with Crippen LogP contribution in [0.4, 0.5) is 4.39 Å². The number of benzene rings is 2. The highest BCUT2D eigenvalue weighted by Gasteiger charge is 2.28. The first-order chi connectivity index (χ1) is 15.6. The van der Waals surface area contributed by atoms with Crippen LogP contribution in [0.3, 0.4) is 0 Å². The number of nitrogens with two attached hydrogens (primary N) is 1. The number of aryl methyl sites for hydroxylation is 2. The summed E-state index contributed by atoms with van der Waals surface area (Å²) in [5.74, 6) is 0.510. The molecule has 7 nitrogen and oxygen atoms in total. The van der Waals surface area contributed by atoms with E-state index in [1.54, 1.807) is 10.6 Å². The van der Waals surface area contributed by atoms with E-state index in [2.05, 4.69) is 20.8 Å². The molecular formula is C24H23FN6O. The van der Waals surface area contributed by atoms with Crippen molar-refractivity contribution in [2.45, 2.75) is 19.4 Å². The molecule has 0 fully saturated rings. The van der Waals surface area contributed by atoms with E-state index in [0.29, 0.717) is 29.2 Å². The third-order valence-corrected chi connectivity index (χ3v) is 6.71. The SMILES string of the molecule is Cn1cc(-c2n[nH]c(=O)n2-c2c3n(c4ccccc24)CCC(CN)C3)c2cc(F)ccc21. The predicted molar refractivity (Wildman–Crippen MR) is 122 cm³/mol. The fraction of sp³-hybridized carbons (Fsp3) is 0.250. The molecule has 1 aliphatic rings. The van der Waals surface area contributed by atoms with Gasteiger partial charge in [-0.05, 0) is 49.6 Å². The average Bonchev–Trinajstić information content (AvgIpc) is 3.44. The molecule has 0 aliphatic carbocycles. The van der Waals surface area contributed by atoms with Gasteiger partial charge in [0.15, 0.2) is 5.82 Å². The first-order valence-electron chi connectivity index (χ1n) is 10.8. The van der Waals surface area contributed by atoms with Gasteiger partial charge in [-0.2, -0.15) is 5.10 Å². The van der Waals surface area contributed by atoms with Gasteiger partial charge >= 0.3 is 5.69 Å². The molecule has 5 aromatic rings. The second-order valence-electron chi connectivity index (χ2n) is 8.56. The molecule has 0 saturated heterocycles. The Morgan fingerprint density at radius 3 is 2.88 bits per heavy atom. The Balaban J connectivity index is 1.68. The quantitative estimate of drug-likeness (QED) is 0.460. The number of hydrogen-bond donors (Lipinski definition) is 2. The van der Waals surface area contributed by atoms with Crippen LogP contribution < -0.4 is 11.4 Å². The van der Waals surface area contributed by atoms with Crippen molar-refractivity contribution in [3.8, 4) is 17.1 Å². The molecule has 1 atom stereocenters. The fourth-order valence-corrected chi connectivity index (χ4v) is 5.17. The number of aromatic nitrogens is 5. The molecule has 8 heteroatoms. The van der Waals surface area contributed by atoms with Gasteiger partial charge in [-0.3, -0.25) is 0 Å². The van der Waals surface area contributed by atoms with Crippen LogP contribution in [0.1, 0.15) is 12.1 Å². The lowest BCUT2D eigenvalue weighted by Gasteiger charge is -2.24. The van der Waals surface area contributed by atoms with Crippen LogP contribution in [0.2, 0.25) is 0 Å². The maximum absolute atomic E-state index is 14.1. The number of fused-ring (bicyclic) bond motifs is 4. The van der Waals surface area contributed by atoms with E-state index in [-0.39, 0.29) is 11.5 Å². The Bertz CT molecular complexity index is 1550. The zero-order valence-corrected chi connectivity index (χ0v) is 17.7. The number of para-hydroxylation sites is 1.